The zero-order valence-corrected chi connectivity index (χ0v) is 12.0. The van der Waals surface area contributed by atoms with E-state index in [2.05, 4.69) is 37.8 Å². The molecule has 1 saturated carbocycles. The van der Waals surface area contributed by atoms with E-state index in [0.717, 1.165) is 24.3 Å². The molecule has 0 aromatic rings. The van der Waals surface area contributed by atoms with Gasteiger partial charge in [0.25, 0.3) is 0 Å². The van der Waals surface area contributed by atoms with E-state index in [-0.39, 0.29) is 5.60 Å². The molecule has 1 N–H and O–H groups in total. The molecule has 0 aromatic carbocycles. The van der Waals surface area contributed by atoms with Crippen LogP contribution in [-0.4, -0.2) is 36.3 Å². The number of ether oxygens (including phenoxy) is 1. The second-order valence-corrected chi connectivity index (χ2v) is 6.72. The minimum Gasteiger partial charge on any atom is -0.379 e. The van der Waals surface area contributed by atoms with Crippen molar-refractivity contribution in [1.29, 1.82) is 0 Å². The molecule has 96 valence electrons. The molecule has 0 spiro atoms. The van der Waals surface area contributed by atoms with E-state index in [9.17, 15) is 0 Å². The first-order valence-electron chi connectivity index (χ1n) is 6.49. The van der Waals surface area contributed by atoms with Crippen molar-refractivity contribution in [1.82, 2.24) is 5.32 Å². The fourth-order valence-electron chi connectivity index (χ4n) is 2.23. The molecule has 16 heavy (non-hydrogen) atoms. The van der Waals surface area contributed by atoms with Gasteiger partial charge in [-0.05, 0) is 45.4 Å². The number of methoxy groups -OCH3 is 1. The molecule has 0 bridgehead atoms. The summed E-state index contributed by atoms with van der Waals surface area (Å²) in [6, 6.07) is 0.734. The molecular weight excluding hydrogens is 218 g/mol. The fraction of sp³-hybridized carbons (Fsp3) is 1.00. The number of hydrogen-bond donors (Lipinski definition) is 1. The van der Waals surface area contributed by atoms with Crippen molar-refractivity contribution in [3.63, 3.8) is 0 Å². The van der Waals surface area contributed by atoms with Crippen LogP contribution in [0.2, 0.25) is 0 Å². The maximum atomic E-state index is 5.43. The fourth-order valence-corrected chi connectivity index (χ4v) is 3.46. The summed E-state index contributed by atoms with van der Waals surface area (Å²) in [6.07, 6.45) is 5.22. The highest BCUT2D eigenvalue weighted by molar-refractivity contribution is 7.99. The third-order valence-electron chi connectivity index (χ3n) is 3.52. The molecule has 2 unspecified atom stereocenters. The Kier molecular flexibility index (Phi) is 6.16. The first kappa shape index (κ1) is 14.3. The molecule has 1 rings (SSSR count). The molecule has 2 atom stereocenters. The number of rotatable bonds is 7. The van der Waals surface area contributed by atoms with Crippen LogP contribution in [0.1, 0.15) is 46.5 Å². The van der Waals surface area contributed by atoms with Gasteiger partial charge in [-0.25, -0.2) is 0 Å². The summed E-state index contributed by atoms with van der Waals surface area (Å²) in [5, 5.41) is 4.55. The summed E-state index contributed by atoms with van der Waals surface area (Å²) in [5.41, 5.74) is 0.0129. The Balaban J connectivity index is 2.21. The van der Waals surface area contributed by atoms with Crippen LogP contribution in [0.4, 0.5) is 0 Å². The van der Waals surface area contributed by atoms with E-state index in [0.29, 0.717) is 0 Å². The van der Waals surface area contributed by atoms with Crippen molar-refractivity contribution in [2.75, 3.05) is 19.4 Å². The third kappa shape index (κ3) is 4.64. The Morgan fingerprint density at radius 1 is 1.38 bits per heavy atom. The number of nitrogens with one attached hydrogen (secondary N) is 1. The molecule has 1 aliphatic rings. The van der Waals surface area contributed by atoms with Crippen molar-refractivity contribution in [2.24, 2.45) is 0 Å². The highest BCUT2D eigenvalue weighted by Crippen LogP contribution is 2.29. The molecule has 3 heteroatoms. The second kappa shape index (κ2) is 6.87. The first-order valence-corrected chi connectivity index (χ1v) is 7.54. The van der Waals surface area contributed by atoms with Gasteiger partial charge in [-0.2, -0.15) is 11.8 Å². The minimum absolute atomic E-state index is 0.0129. The molecule has 0 amide bonds. The Morgan fingerprint density at radius 3 is 2.75 bits per heavy atom. The molecule has 0 radical (unpaired) electrons. The molecule has 2 nitrogen and oxygen atoms in total. The second-order valence-electron chi connectivity index (χ2n) is 5.20. The molecule has 1 fully saturated rings. The standard InChI is InChI=1S/C13H27NOS/c1-5-16-12-8-6-7-11(12)14-10-9-13(2,3)15-4/h11-12,14H,5-10H2,1-4H3. The van der Waals surface area contributed by atoms with Gasteiger partial charge in [-0.1, -0.05) is 13.3 Å². The SMILES string of the molecule is CCSC1CCCC1NCCC(C)(C)OC. The topological polar surface area (TPSA) is 21.3 Å². The smallest absolute Gasteiger partial charge is 0.0634 e. The van der Waals surface area contributed by atoms with Crippen molar-refractivity contribution in [3.05, 3.63) is 0 Å². The van der Waals surface area contributed by atoms with Gasteiger partial charge in [0, 0.05) is 18.4 Å². The summed E-state index contributed by atoms with van der Waals surface area (Å²) in [5.74, 6) is 1.24. The zero-order chi connectivity index (χ0) is 12.0. The van der Waals surface area contributed by atoms with Crippen LogP contribution < -0.4 is 5.32 Å². The van der Waals surface area contributed by atoms with Gasteiger partial charge in [-0.3, -0.25) is 0 Å². The van der Waals surface area contributed by atoms with E-state index in [4.69, 9.17) is 4.74 Å². The lowest BCUT2D eigenvalue weighted by molar-refractivity contribution is 0.0154. The highest BCUT2D eigenvalue weighted by Gasteiger charge is 2.27. The Labute approximate surface area is 105 Å². The Bertz CT molecular complexity index is 196. The van der Waals surface area contributed by atoms with E-state index in [1.54, 1.807) is 7.11 Å². The van der Waals surface area contributed by atoms with Crippen LogP contribution in [0.25, 0.3) is 0 Å². The average molecular weight is 245 g/mol. The number of thioether (sulfide) groups is 1. The maximum absolute atomic E-state index is 5.43. The molecule has 0 aromatic heterocycles. The summed E-state index contributed by atoms with van der Waals surface area (Å²) in [7, 11) is 1.80. The van der Waals surface area contributed by atoms with Crippen molar-refractivity contribution >= 4 is 11.8 Å². The van der Waals surface area contributed by atoms with Crippen LogP contribution in [0.3, 0.4) is 0 Å². The monoisotopic (exact) mass is 245 g/mol. The molecule has 0 heterocycles. The largest absolute Gasteiger partial charge is 0.379 e. The predicted octanol–water partition coefficient (Wildman–Crippen LogP) is 3.07. The molecule has 0 aliphatic heterocycles. The predicted molar refractivity (Wildman–Crippen MR) is 73.3 cm³/mol. The zero-order valence-electron chi connectivity index (χ0n) is 11.2. The van der Waals surface area contributed by atoms with Crippen molar-refractivity contribution in [3.8, 4) is 0 Å². The lowest BCUT2D eigenvalue weighted by Crippen LogP contribution is -2.38. The highest BCUT2D eigenvalue weighted by atomic mass is 32.2. The van der Waals surface area contributed by atoms with Crippen LogP contribution in [-0.2, 0) is 4.74 Å². The van der Waals surface area contributed by atoms with E-state index >= 15 is 0 Å². The molecule has 0 saturated heterocycles. The Hall–Kier alpha value is 0.270. The molecule has 1 aliphatic carbocycles. The van der Waals surface area contributed by atoms with E-state index in [1.807, 2.05) is 0 Å². The minimum atomic E-state index is 0.0129. The quantitative estimate of drug-likeness (QED) is 0.745. The van der Waals surface area contributed by atoms with Crippen LogP contribution >= 0.6 is 11.8 Å². The lowest BCUT2D eigenvalue weighted by atomic mass is 10.1. The van der Waals surface area contributed by atoms with Gasteiger partial charge >= 0.3 is 0 Å². The average Bonchev–Trinajstić information content (AvgIpc) is 2.66. The Morgan fingerprint density at radius 2 is 2.12 bits per heavy atom. The van der Waals surface area contributed by atoms with Gasteiger partial charge in [-0.15, -0.1) is 0 Å². The first-order chi connectivity index (χ1) is 7.59. The van der Waals surface area contributed by atoms with Crippen molar-refractivity contribution < 1.29 is 4.74 Å². The van der Waals surface area contributed by atoms with Gasteiger partial charge in [0.2, 0.25) is 0 Å². The van der Waals surface area contributed by atoms with Gasteiger partial charge in [0.1, 0.15) is 0 Å². The molecular formula is C13H27NOS. The lowest BCUT2D eigenvalue weighted by Gasteiger charge is -2.25. The summed E-state index contributed by atoms with van der Waals surface area (Å²) < 4.78 is 5.43. The summed E-state index contributed by atoms with van der Waals surface area (Å²) >= 11 is 2.12. The van der Waals surface area contributed by atoms with Crippen molar-refractivity contribution in [2.45, 2.75) is 63.3 Å². The normalized spacial score (nSPS) is 26.2. The van der Waals surface area contributed by atoms with Crippen LogP contribution in [0, 0.1) is 0 Å². The third-order valence-corrected chi connectivity index (χ3v) is 4.85. The van der Waals surface area contributed by atoms with Gasteiger partial charge < -0.3 is 10.1 Å². The summed E-state index contributed by atoms with van der Waals surface area (Å²) in [4.78, 5) is 0. The van der Waals surface area contributed by atoms with Crippen LogP contribution in [0.15, 0.2) is 0 Å². The number of hydrogen-bond acceptors (Lipinski definition) is 3. The van der Waals surface area contributed by atoms with Gasteiger partial charge in [0.15, 0.2) is 0 Å². The van der Waals surface area contributed by atoms with Crippen LogP contribution in [0.5, 0.6) is 0 Å². The maximum Gasteiger partial charge on any atom is 0.0634 e. The van der Waals surface area contributed by atoms with E-state index in [1.165, 1.54) is 25.0 Å². The summed E-state index contributed by atoms with van der Waals surface area (Å²) in [6.45, 7) is 7.64. The van der Waals surface area contributed by atoms with Gasteiger partial charge in [0.05, 0.1) is 5.60 Å². The van der Waals surface area contributed by atoms with E-state index < -0.39 is 0 Å².